The summed E-state index contributed by atoms with van der Waals surface area (Å²) in [5.74, 6) is 0. The summed E-state index contributed by atoms with van der Waals surface area (Å²) in [6, 6.07) is 5.86. The van der Waals surface area contributed by atoms with E-state index in [1.165, 1.54) is 0 Å². The minimum Gasteiger partial charge on any atom is -0.378 e. The van der Waals surface area contributed by atoms with Gasteiger partial charge >= 0.3 is 0 Å². The monoisotopic (exact) mass is 204 g/mol. The molecule has 0 radical (unpaired) electrons. The average molecular weight is 204 g/mol. The van der Waals surface area contributed by atoms with Crippen LogP contribution in [0.15, 0.2) is 30.6 Å². The van der Waals surface area contributed by atoms with Crippen LogP contribution in [0.3, 0.4) is 0 Å². The van der Waals surface area contributed by atoms with Crippen LogP contribution in [0.5, 0.6) is 0 Å². The number of methoxy groups -OCH3 is 1. The maximum atomic E-state index is 5.02. The van der Waals surface area contributed by atoms with Crippen LogP contribution in [0.1, 0.15) is 11.4 Å². The van der Waals surface area contributed by atoms with Gasteiger partial charge in [0.15, 0.2) is 0 Å². The molecule has 2 aromatic rings. The van der Waals surface area contributed by atoms with E-state index in [2.05, 4.69) is 15.3 Å². The Kier molecular flexibility index (Phi) is 3.04. The minimum atomic E-state index is 0.533. The minimum absolute atomic E-state index is 0.533. The molecule has 2 heterocycles. The molecule has 0 spiro atoms. The third-order valence-electron chi connectivity index (χ3n) is 1.95. The van der Waals surface area contributed by atoms with Crippen molar-refractivity contribution in [3.05, 3.63) is 42.0 Å². The molecule has 0 saturated carbocycles. The van der Waals surface area contributed by atoms with Gasteiger partial charge in [-0.3, -0.25) is 4.98 Å². The number of hydrogen-bond acceptors (Lipinski definition) is 4. The molecule has 5 heteroatoms. The summed E-state index contributed by atoms with van der Waals surface area (Å²) in [5, 5.41) is 7.62. The molecule has 0 aliphatic heterocycles. The highest BCUT2D eigenvalue weighted by molar-refractivity contribution is 5.10. The first-order valence-electron chi connectivity index (χ1n) is 4.66. The lowest BCUT2D eigenvalue weighted by Gasteiger charge is -2.03. The molecule has 0 fully saturated rings. The fourth-order valence-electron chi connectivity index (χ4n) is 1.33. The highest BCUT2D eigenvalue weighted by atomic mass is 16.5. The maximum absolute atomic E-state index is 5.02. The maximum Gasteiger partial charge on any atom is 0.0884 e. The smallest absolute Gasteiger partial charge is 0.0884 e. The lowest BCUT2D eigenvalue weighted by molar-refractivity contribution is 0.181. The molecule has 0 aliphatic carbocycles. The van der Waals surface area contributed by atoms with Crippen LogP contribution >= 0.6 is 0 Å². The van der Waals surface area contributed by atoms with Crippen LogP contribution in [0, 0.1) is 0 Å². The van der Waals surface area contributed by atoms with Gasteiger partial charge in [-0.2, -0.15) is 0 Å². The number of ether oxygens (including phenoxy) is 1. The summed E-state index contributed by atoms with van der Waals surface area (Å²) in [6.45, 7) is 1.17. The van der Waals surface area contributed by atoms with Gasteiger partial charge in [0.05, 0.1) is 30.7 Å². The van der Waals surface area contributed by atoms with E-state index in [4.69, 9.17) is 4.74 Å². The number of nitrogens with zero attached hydrogens (tertiary/aromatic N) is 4. The standard InChI is InChI=1S/C10H12N4O/c1-15-8-10-4-2-3-9(12-10)7-14-6-5-11-13-14/h2-6H,7-8H2,1H3. The van der Waals surface area contributed by atoms with Crippen LogP contribution in [-0.4, -0.2) is 27.1 Å². The third kappa shape index (κ3) is 2.60. The van der Waals surface area contributed by atoms with Gasteiger partial charge in [0.25, 0.3) is 0 Å². The van der Waals surface area contributed by atoms with E-state index in [1.54, 1.807) is 18.0 Å². The molecule has 0 aromatic carbocycles. The summed E-state index contributed by atoms with van der Waals surface area (Å²) in [5.41, 5.74) is 1.88. The van der Waals surface area contributed by atoms with Crippen LogP contribution in [0.2, 0.25) is 0 Å². The highest BCUT2D eigenvalue weighted by Gasteiger charge is 1.99. The average Bonchev–Trinajstić information content (AvgIpc) is 2.71. The molecule has 0 aliphatic rings. The molecular weight excluding hydrogens is 192 g/mol. The van der Waals surface area contributed by atoms with E-state index in [0.29, 0.717) is 13.2 Å². The first kappa shape index (κ1) is 9.79. The van der Waals surface area contributed by atoms with E-state index in [1.807, 2.05) is 24.4 Å². The van der Waals surface area contributed by atoms with Crippen molar-refractivity contribution < 1.29 is 4.74 Å². The van der Waals surface area contributed by atoms with Crippen molar-refractivity contribution in [3.8, 4) is 0 Å². The molecule has 0 unspecified atom stereocenters. The number of rotatable bonds is 4. The quantitative estimate of drug-likeness (QED) is 0.741. The molecule has 0 N–H and O–H groups in total. The Hall–Kier alpha value is -1.75. The zero-order chi connectivity index (χ0) is 10.5. The topological polar surface area (TPSA) is 52.8 Å². The van der Waals surface area contributed by atoms with Crippen molar-refractivity contribution in [3.63, 3.8) is 0 Å². The molecule has 0 saturated heterocycles. The zero-order valence-electron chi connectivity index (χ0n) is 8.50. The Morgan fingerprint density at radius 3 is 2.93 bits per heavy atom. The summed E-state index contributed by atoms with van der Waals surface area (Å²) >= 11 is 0. The fourth-order valence-corrected chi connectivity index (χ4v) is 1.33. The molecule has 0 atom stereocenters. The Labute approximate surface area is 87.7 Å². The van der Waals surface area contributed by atoms with Crippen LogP contribution in [0.4, 0.5) is 0 Å². The van der Waals surface area contributed by atoms with Gasteiger partial charge in [0, 0.05) is 13.3 Å². The molecule has 78 valence electrons. The second-order valence-corrected chi connectivity index (χ2v) is 3.15. The van der Waals surface area contributed by atoms with E-state index >= 15 is 0 Å². The van der Waals surface area contributed by atoms with Gasteiger partial charge in [0.1, 0.15) is 0 Å². The van der Waals surface area contributed by atoms with Crippen LogP contribution < -0.4 is 0 Å². The van der Waals surface area contributed by atoms with E-state index in [-0.39, 0.29) is 0 Å². The Balaban J connectivity index is 2.11. The lowest BCUT2D eigenvalue weighted by Crippen LogP contribution is -2.04. The van der Waals surface area contributed by atoms with Crippen molar-refractivity contribution in [2.24, 2.45) is 0 Å². The molecule has 2 rings (SSSR count). The third-order valence-corrected chi connectivity index (χ3v) is 1.95. The largest absolute Gasteiger partial charge is 0.378 e. The Bertz CT molecular complexity index is 413. The van der Waals surface area contributed by atoms with Gasteiger partial charge in [-0.15, -0.1) is 5.10 Å². The number of aromatic nitrogens is 4. The van der Waals surface area contributed by atoms with Gasteiger partial charge in [0.2, 0.25) is 0 Å². The summed E-state index contributed by atoms with van der Waals surface area (Å²) in [4.78, 5) is 4.42. The molecule has 0 bridgehead atoms. The van der Waals surface area contributed by atoms with E-state index in [0.717, 1.165) is 11.4 Å². The van der Waals surface area contributed by atoms with E-state index < -0.39 is 0 Å². The van der Waals surface area contributed by atoms with Gasteiger partial charge in [-0.05, 0) is 12.1 Å². The lowest BCUT2D eigenvalue weighted by atomic mass is 10.3. The Morgan fingerprint density at radius 1 is 1.33 bits per heavy atom. The van der Waals surface area contributed by atoms with Gasteiger partial charge < -0.3 is 4.74 Å². The van der Waals surface area contributed by atoms with Crippen LogP contribution in [-0.2, 0) is 17.9 Å². The van der Waals surface area contributed by atoms with Crippen molar-refractivity contribution in [1.29, 1.82) is 0 Å². The second kappa shape index (κ2) is 4.65. The second-order valence-electron chi connectivity index (χ2n) is 3.15. The predicted molar refractivity (Wildman–Crippen MR) is 54.1 cm³/mol. The first-order chi connectivity index (χ1) is 7.38. The highest BCUT2D eigenvalue weighted by Crippen LogP contribution is 2.02. The molecule has 0 amide bonds. The number of pyridine rings is 1. The molecule has 2 aromatic heterocycles. The van der Waals surface area contributed by atoms with Crippen LogP contribution in [0.25, 0.3) is 0 Å². The summed E-state index contributed by atoms with van der Waals surface area (Å²) < 4.78 is 6.76. The Morgan fingerprint density at radius 2 is 2.20 bits per heavy atom. The fraction of sp³-hybridized carbons (Fsp3) is 0.300. The first-order valence-corrected chi connectivity index (χ1v) is 4.66. The zero-order valence-corrected chi connectivity index (χ0v) is 8.50. The van der Waals surface area contributed by atoms with Gasteiger partial charge in [-0.25, -0.2) is 4.68 Å². The normalized spacial score (nSPS) is 10.5. The molecular formula is C10H12N4O. The van der Waals surface area contributed by atoms with Crippen molar-refractivity contribution in [2.45, 2.75) is 13.2 Å². The predicted octanol–water partition coefficient (Wildman–Crippen LogP) is 0.868. The SMILES string of the molecule is COCc1cccc(Cn2ccnn2)n1. The molecule has 15 heavy (non-hydrogen) atoms. The van der Waals surface area contributed by atoms with Crippen molar-refractivity contribution in [1.82, 2.24) is 20.0 Å². The molecule has 5 nitrogen and oxygen atoms in total. The summed E-state index contributed by atoms with van der Waals surface area (Å²) in [6.07, 6.45) is 3.46. The number of hydrogen-bond donors (Lipinski definition) is 0. The van der Waals surface area contributed by atoms with Gasteiger partial charge in [-0.1, -0.05) is 11.3 Å². The summed E-state index contributed by atoms with van der Waals surface area (Å²) in [7, 11) is 1.66. The van der Waals surface area contributed by atoms with E-state index in [9.17, 15) is 0 Å². The van der Waals surface area contributed by atoms with Crippen molar-refractivity contribution >= 4 is 0 Å². The van der Waals surface area contributed by atoms with Crippen molar-refractivity contribution in [2.75, 3.05) is 7.11 Å².